The molecule has 0 radical (unpaired) electrons. The van der Waals surface area contributed by atoms with E-state index in [1.165, 1.54) is 31.2 Å². The Balaban J connectivity index is 1.65. The Kier molecular flexibility index (Phi) is 4.99. The molecule has 5 nitrogen and oxygen atoms in total. The van der Waals surface area contributed by atoms with Gasteiger partial charge < -0.3 is 9.32 Å². The Morgan fingerprint density at radius 3 is 2.46 bits per heavy atom. The third kappa shape index (κ3) is 3.67. The molecule has 24 heavy (non-hydrogen) atoms. The number of furan rings is 1. The molecule has 0 spiro atoms. The molecule has 2 heterocycles. The summed E-state index contributed by atoms with van der Waals surface area (Å²) in [5.74, 6) is 0.330. The van der Waals surface area contributed by atoms with Gasteiger partial charge in [0.05, 0.1) is 17.5 Å². The molecule has 2 aromatic rings. The predicted octanol–water partition coefficient (Wildman–Crippen LogP) is 3.73. The van der Waals surface area contributed by atoms with Gasteiger partial charge in [0.15, 0.2) is 0 Å². The second kappa shape index (κ2) is 7.34. The Hall–Kier alpha value is -2.56. The third-order valence-electron chi connectivity index (χ3n) is 4.43. The quantitative estimate of drug-likeness (QED) is 0.688. The number of nitrogens with one attached hydrogen (secondary N) is 1. The van der Waals surface area contributed by atoms with Crippen molar-refractivity contribution >= 4 is 17.3 Å². The maximum Gasteiger partial charge on any atom is 0.274 e. The number of aryl methyl sites for hydroxylation is 1. The molecule has 1 aromatic carbocycles. The summed E-state index contributed by atoms with van der Waals surface area (Å²) in [6.45, 7) is 5.91. The summed E-state index contributed by atoms with van der Waals surface area (Å²) < 4.78 is 5.13. The van der Waals surface area contributed by atoms with Crippen LogP contribution in [-0.2, 0) is 0 Å². The van der Waals surface area contributed by atoms with E-state index < -0.39 is 0 Å². The van der Waals surface area contributed by atoms with E-state index >= 15 is 0 Å². The largest absolute Gasteiger partial charge is 0.469 e. The monoisotopic (exact) mass is 325 g/mol. The summed E-state index contributed by atoms with van der Waals surface area (Å²) in [6.07, 6.45) is 5.36. The predicted molar refractivity (Wildman–Crippen MR) is 95.6 cm³/mol. The smallest absolute Gasteiger partial charge is 0.274 e. The van der Waals surface area contributed by atoms with Crippen LogP contribution in [0.2, 0.25) is 0 Å². The summed E-state index contributed by atoms with van der Waals surface area (Å²) in [5, 5.41) is 4.20. The van der Waals surface area contributed by atoms with E-state index in [4.69, 9.17) is 4.42 Å². The minimum absolute atomic E-state index is 0.259. The number of rotatable bonds is 4. The molecule has 5 heteroatoms. The van der Waals surface area contributed by atoms with Gasteiger partial charge >= 0.3 is 0 Å². The first-order valence-corrected chi connectivity index (χ1v) is 8.39. The van der Waals surface area contributed by atoms with Crippen LogP contribution in [0.5, 0.6) is 0 Å². The van der Waals surface area contributed by atoms with E-state index in [0.717, 1.165) is 24.4 Å². The number of hydrazone groups is 1. The highest BCUT2D eigenvalue weighted by Gasteiger charge is 2.12. The van der Waals surface area contributed by atoms with Crippen LogP contribution in [-0.4, -0.2) is 24.7 Å². The fourth-order valence-electron chi connectivity index (χ4n) is 2.95. The van der Waals surface area contributed by atoms with Crippen molar-refractivity contribution in [1.29, 1.82) is 0 Å². The highest BCUT2D eigenvalue weighted by atomic mass is 16.3. The lowest BCUT2D eigenvalue weighted by atomic mass is 10.1. The average molecular weight is 325 g/mol. The molecule has 0 saturated carbocycles. The first-order valence-electron chi connectivity index (χ1n) is 8.39. The second-order valence-corrected chi connectivity index (χ2v) is 6.12. The van der Waals surface area contributed by atoms with Gasteiger partial charge in [-0.25, -0.2) is 5.43 Å². The lowest BCUT2D eigenvalue weighted by Gasteiger charge is -2.28. The van der Waals surface area contributed by atoms with Crippen LogP contribution in [0.25, 0.3) is 0 Å². The lowest BCUT2D eigenvalue weighted by Crippen LogP contribution is -2.29. The molecular weight excluding hydrogens is 302 g/mol. The van der Waals surface area contributed by atoms with E-state index in [1.807, 2.05) is 6.92 Å². The number of carbonyl (C=O) groups is 1. The standard InChI is InChI=1S/C19H23N3O2/c1-14(20-21-19(23)18-10-13-24-15(18)2)16-6-8-17(9-7-16)22-11-4-3-5-12-22/h6-10,13H,3-5,11-12H2,1-2H3,(H,21,23)/b20-14-. The number of anilines is 1. The number of hydrogen-bond acceptors (Lipinski definition) is 4. The molecule has 1 aromatic heterocycles. The van der Waals surface area contributed by atoms with Gasteiger partial charge in [-0.2, -0.15) is 5.10 Å². The second-order valence-electron chi connectivity index (χ2n) is 6.12. The van der Waals surface area contributed by atoms with Crippen molar-refractivity contribution in [2.45, 2.75) is 33.1 Å². The van der Waals surface area contributed by atoms with E-state index in [1.54, 1.807) is 13.0 Å². The van der Waals surface area contributed by atoms with E-state index in [-0.39, 0.29) is 5.91 Å². The molecule has 0 unspecified atom stereocenters. The molecule has 0 atom stereocenters. The summed E-state index contributed by atoms with van der Waals surface area (Å²) in [6, 6.07) is 10.0. The molecule has 1 amide bonds. The number of hydrogen-bond donors (Lipinski definition) is 1. The van der Waals surface area contributed by atoms with Crippen molar-refractivity contribution in [2.24, 2.45) is 5.10 Å². The van der Waals surface area contributed by atoms with E-state index in [2.05, 4.69) is 39.7 Å². The number of piperidine rings is 1. The van der Waals surface area contributed by atoms with Crippen LogP contribution in [0.3, 0.4) is 0 Å². The SMILES string of the molecule is C/C(=N/NC(=O)c1ccoc1C)c1ccc(N2CCCCC2)cc1. The van der Waals surface area contributed by atoms with Crippen molar-refractivity contribution in [1.82, 2.24) is 5.43 Å². The fourth-order valence-corrected chi connectivity index (χ4v) is 2.95. The van der Waals surface area contributed by atoms with Crippen molar-refractivity contribution in [2.75, 3.05) is 18.0 Å². The van der Waals surface area contributed by atoms with Crippen molar-refractivity contribution in [3.63, 3.8) is 0 Å². The number of amides is 1. The van der Waals surface area contributed by atoms with Crippen LogP contribution in [0.15, 0.2) is 46.1 Å². The maximum absolute atomic E-state index is 12.0. The fraction of sp³-hybridized carbons (Fsp3) is 0.368. The highest BCUT2D eigenvalue weighted by molar-refractivity contribution is 6.01. The van der Waals surface area contributed by atoms with Gasteiger partial charge in [-0.1, -0.05) is 12.1 Å². The molecule has 1 aliphatic rings. The minimum Gasteiger partial charge on any atom is -0.469 e. The molecule has 1 saturated heterocycles. The molecule has 3 rings (SSSR count). The summed E-state index contributed by atoms with van der Waals surface area (Å²) >= 11 is 0. The molecule has 0 bridgehead atoms. The maximum atomic E-state index is 12.0. The Morgan fingerprint density at radius 1 is 1.12 bits per heavy atom. The number of benzene rings is 1. The topological polar surface area (TPSA) is 57.8 Å². The van der Waals surface area contributed by atoms with Gasteiger partial charge in [-0.15, -0.1) is 0 Å². The van der Waals surface area contributed by atoms with Crippen molar-refractivity contribution in [3.05, 3.63) is 53.5 Å². The van der Waals surface area contributed by atoms with Crippen LogP contribution >= 0.6 is 0 Å². The van der Waals surface area contributed by atoms with Gasteiger partial charge in [0.2, 0.25) is 0 Å². The van der Waals surface area contributed by atoms with Gasteiger partial charge in [-0.05, 0) is 56.9 Å². The normalized spacial score (nSPS) is 15.4. The molecule has 1 aliphatic heterocycles. The molecule has 126 valence electrons. The first kappa shape index (κ1) is 16.3. The van der Waals surface area contributed by atoms with Crippen LogP contribution < -0.4 is 10.3 Å². The highest BCUT2D eigenvalue weighted by Crippen LogP contribution is 2.20. The average Bonchev–Trinajstić information content (AvgIpc) is 3.06. The van der Waals surface area contributed by atoms with E-state index in [9.17, 15) is 4.79 Å². The lowest BCUT2D eigenvalue weighted by molar-refractivity contribution is 0.0953. The van der Waals surface area contributed by atoms with Gasteiger partial charge in [-0.3, -0.25) is 4.79 Å². The Morgan fingerprint density at radius 2 is 1.83 bits per heavy atom. The zero-order valence-corrected chi connectivity index (χ0v) is 14.2. The van der Waals surface area contributed by atoms with E-state index in [0.29, 0.717) is 11.3 Å². The molecule has 1 fully saturated rings. The summed E-state index contributed by atoms with van der Waals surface area (Å²) in [7, 11) is 0. The van der Waals surface area contributed by atoms with Gasteiger partial charge in [0.25, 0.3) is 5.91 Å². The third-order valence-corrected chi connectivity index (χ3v) is 4.43. The zero-order valence-electron chi connectivity index (χ0n) is 14.2. The Labute approximate surface area is 142 Å². The number of carbonyl (C=O) groups excluding carboxylic acids is 1. The van der Waals surface area contributed by atoms with Crippen LogP contribution in [0.4, 0.5) is 5.69 Å². The summed E-state index contributed by atoms with van der Waals surface area (Å²) in [5.41, 5.74) is 6.11. The summed E-state index contributed by atoms with van der Waals surface area (Å²) in [4.78, 5) is 14.5. The van der Waals surface area contributed by atoms with Crippen LogP contribution in [0.1, 0.15) is 47.9 Å². The number of nitrogens with zero attached hydrogens (tertiary/aromatic N) is 2. The van der Waals surface area contributed by atoms with Gasteiger partial charge in [0.1, 0.15) is 5.76 Å². The minimum atomic E-state index is -0.259. The molecule has 0 aliphatic carbocycles. The Bertz CT molecular complexity index is 725. The van der Waals surface area contributed by atoms with Gasteiger partial charge in [0, 0.05) is 18.8 Å². The molecule has 1 N–H and O–H groups in total. The van der Waals surface area contributed by atoms with Crippen molar-refractivity contribution in [3.8, 4) is 0 Å². The zero-order chi connectivity index (χ0) is 16.9. The molecular formula is C19H23N3O2. The van der Waals surface area contributed by atoms with Crippen molar-refractivity contribution < 1.29 is 9.21 Å². The first-order chi connectivity index (χ1) is 11.6. The van der Waals surface area contributed by atoms with Crippen LogP contribution in [0, 0.1) is 6.92 Å².